The van der Waals surface area contributed by atoms with Gasteiger partial charge in [0.2, 0.25) is 0 Å². The second-order valence-corrected chi connectivity index (χ2v) is 8.44. The number of rotatable bonds is 6. The number of thiazole rings is 1. The molecule has 1 aliphatic heterocycles. The largest absolute Gasteiger partial charge is 0.483 e. The summed E-state index contributed by atoms with van der Waals surface area (Å²) in [6.07, 6.45) is 2.45. The number of nitrogens with one attached hydrogen (secondary N) is 1. The number of nitrogens with zero attached hydrogens (tertiary/aromatic N) is 1. The Hall–Kier alpha value is -2.80. The van der Waals surface area contributed by atoms with E-state index in [4.69, 9.17) is 13.9 Å². The molecule has 0 radical (unpaired) electrons. The van der Waals surface area contributed by atoms with E-state index in [1.165, 1.54) is 11.3 Å². The van der Waals surface area contributed by atoms with Crippen LogP contribution >= 0.6 is 11.3 Å². The Morgan fingerprint density at radius 1 is 1.32 bits per heavy atom. The topological polar surface area (TPSA) is 73.6 Å². The van der Waals surface area contributed by atoms with E-state index in [2.05, 4.69) is 10.3 Å². The molecule has 0 spiro atoms. The predicted molar refractivity (Wildman–Crippen MR) is 107 cm³/mol. The summed E-state index contributed by atoms with van der Waals surface area (Å²) in [5.74, 6) is 1.88. The number of ether oxygens (including phenoxy) is 2. The second kappa shape index (κ2) is 7.31. The third-order valence-corrected chi connectivity index (χ3v) is 5.66. The van der Waals surface area contributed by atoms with Gasteiger partial charge in [-0.05, 0) is 39.0 Å². The first-order chi connectivity index (χ1) is 13.4. The molecule has 1 N–H and O–H groups in total. The Bertz CT molecular complexity index is 992. The number of amides is 1. The van der Waals surface area contributed by atoms with Crippen LogP contribution in [0.1, 0.15) is 30.0 Å². The minimum atomic E-state index is -0.251. The number of furan rings is 1. The molecule has 146 valence electrons. The first-order valence-corrected chi connectivity index (χ1v) is 9.93. The van der Waals surface area contributed by atoms with Gasteiger partial charge in [0.1, 0.15) is 5.60 Å². The predicted octanol–water partition coefficient (Wildman–Crippen LogP) is 4.12. The average Bonchev–Trinajstić information content (AvgIpc) is 3.35. The van der Waals surface area contributed by atoms with Crippen molar-refractivity contribution in [2.45, 2.75) is 39.3 Å². The highest BCUT2D eigenvalue weighted by Gasteiger charge is 2.32. The van der Waals surface area contributed by atoms with Crippen LogP contribution in [0.4, 0.5) is 0 Å². The van der Waals surface area contributed by atoms with E-state index in [9.17, 15) is 4.79 Å². The van der Waals surface area contributed by atoms with Gasteiger partial charge in [0.05, 0.1) is 18.5 Å². The molecule has 3 aromatic rings. The molecule has 0 saturated carbocycles. The maximum atomic E-state index is 12.3. The van der Waals surface area contributed by atoms with Crippen molar-refractivity contribution in [3.05, 3.63) is 52.7 Å². The lowest BCUT2D eigenvalue weighted by Crippen LogP contribution is -2.28. The van der Waals surface area contributed by atoms with Crippen LogP contribution in [0.5, 0.6) is 11.5 Å². The molecule has 1 aromatic carbocycles. The fourth-order valence-electron chi connectivity index (χ4n) is 3.17. The number of fused-ring (bicyclic) bond motifs is 1. The van der Waals surface area contributed by atoms with Crippen molar-refractivity contribution < 1.29 is 18.7 Å². The van der Waals surface area contributed by atoms with Gasteiger partial charge in [0.25, 0.3) is 5.91 Å². The Labute approximate surface area is 167 Å². The maximum Gasteiger partial charge on any atom is 0.258 e. The second-order valence-electron chi connectivity index (χ2n) is 7.35. The third kappa shape index (κ3) is 3.89. The summed E-state index contributed by atoms with van der Waals surface area (Å²) < 4.78 is 17.1. The number of benzene rings is 1. The van der Waals surface area contributed by atoms with Gasteiger partial charge in [-0.3, -0.25) is 4.79 Å². The van der Waals surface area contributed by atoms with Gasteiger partial charge in [0, 0.05) is 16.9 Å². The lowest BCUT2D eigenvalue weighted by atomic mass is 10.0. The number of hydrogen-bond acceptors (Lipinski definition) is 6. The average molecular weight is 398 g/mol. The number of aryl methyl sites for hydroxylation is 1. The lowest BCUT2D eigenvalue weighted by molar-refractivity contribution is -0.123. The lowest BCUT2D eigenvalue weighted by Gasteiger charge is -2.18. The smallest absolute Gasteiger partial charge is 0.258 e. The maximum absolute atomic E-state index is 12.3. The van der Waals surface area contributed by atoms with Crippen LogP contribution in [-0.2, 0) is 17.8 Å². The molecule has 0 fully saturated rings. The van der Waals surface area contributed by atoms with Crippen LogP contribution < -0.4 is 14.8 Å². The Morgan fingerprint density at radius 2 is 2.18 bits per heavy atom. The molecule has 6 nitrogen and oxygen atoms in total. The summed E-state index contributed by atoms with van der Waals surface area (Å²) in [6, 6.07) is 9.48. The summed E-state index contributed by atoms with van der Waals surface area (Å²) >= 11 is 1.51. The summed E-state index contributed by atoms with van der Waals surface area (Å²) in [5, 5.41) is 3.70. The molecular formula is C21H22N2O4S. The fraction of sp³-hybridized carbons (Fsp3) is 0.333. The van der Waals surface area contributed by atoms with Gasteiger partial charge in [-0.25, -0.2) is 4.98 Å². The summed E-state index contributed by atoms with van der Waals surface area (Å²) in [7, 11) is 0. The number of aromatic nitrogens is 1. The van der Waals surface area contributed by atoms with Crippen LogP contribution in [-0.4, -0.2) is 23.1 Å². The van der Waals surface area contributed by atoms with E-state index in [1.807, 2.05) is 51.1 Å². The van der Waals surface area contributed by atoms with Gasteiger partial charge in [-0.2, -0.15) is 0 Å². The van der Waals surface area contributed by atoms with Crippen molar-refractivity contribution in [2.24, 2.45) is 0 Å². The number of carbonyl (C=O) groups is 1. The first kappa shape index (κ1) is 18.6. The summed E-state index contributed by atoms with van der Waals surface area (Å²) in [6.45, 7) is 6.34. The van der Waals surface area contributed by atoms with E-state index in [0.717, 1.165) is 39.1 Å². The minimum Gasteiger partial charge on any atom is -0.483 e. The van der Waals surface area contributed by atoms with Gasteiger partial charge in [-0.15, -0.1) is 11.3 Å². The molecule has 3 heterocycles. The molecule has 7 heteroatoms. The van der Waals surface area contributed by atoms with Crippen LogP contribution in [0.2, 0.25) is 0 Å². The van der Waals surface area contributed by atoms with Crippen LogP contribution in [0.3, 0.4) is 0 Å². The minimum absolute atomic E-state index is 0.0663. The van der Waals surface area contributed by atoms with E-state index >= 15 is 0 Å². The molecule has 0 atom stereocenters. The van der Waals surface area contributed by atoms with E-state index in [-0.39, 0.29) is 18.1 Å². The van der Waals surface area contributed by atoms with E-state index < -0.39 is 0 Å². The zero-order chi connectivity index (χ0) is 19.7. The van der Waals surface area contributed by atoms with Gasteiger partial charge < -0.3 is 19.2 Å². The Kier molecular flexibility index (Phi) is 4.85. The Balaban J connectivity index is 1.34. The van der Waals surface area contributed by atoms with Crippen molar-refractivity contribution in [1.82, 2.24) is 10.3 Å². The standard InChI is InChI=1S/C21H22N2O4S/c1-13-17(28-20(23-13)16-8-5-9-25-16)11-22-18(24)12-26-15-7-4-6-14-10-21(2,3)27-19(14)15/h4-9H,10-12H2,1-3H3,(H,22,24). The molecule has 2 aromatic heterocycles. The normalized spacial score (nSPS) is 14.4. The number of para-hydroxylation sites is 1. The zero-order valence-corrected chi connectivity index (χ0v) is 16.9. The number of carbonyl (C=O) groups excluding carboxylic acids is 1. The van der Waals surface area contributed by atoms with Crippen LogP contribution in [0.25, 0.3) is 10.8 Å². The molecular weight excluding hydrogens is 376 g/mol. The molecule has 1 amide bonds. The van der Waals surface area contributed by atoms with Crippen LogP contribution in [0, 0.1) is 6.92 Å². The molecule has 0 bridgehead atoms. The molecule has 28 heavy (non-hydrogen) atoms. The third-order valence-electron chi connectivity index (χ3n) is 4.48. The first-order valence-electron chi connectivity index (χ1n) is 9.12. The van der Waals surface area contributed by atoms with Crippen molar-refractivity contribution in [3.63, 3.8) is 0 Å². The van der Waals surface area contributed by atoms with E-state index in [1.54, 1.807) is 6.26 Å². The quantitative estimate of drug-likeness (QED) is 0.676. The van der Waals surface area contributed by atoms with Crippen molar-refractivity contribution in [1.29, 1.82) is 0 Å². The van der Waals surface area contributed by atoms with Crippen molar-refractivity contribution >= 4 is 17.2 Å². The van der Waals surface area contributed by atoms with Crippen LogP contribution in [0.15, 0.2) is 41.0 Å². The molecule has 4 rings (SSSR count). The van der Waals surface area contributed by atoms with E-state index in [0.29, 0.717) is 12.3 Å². The monoisotopic (exact) mass is 398 g/mol. The van der Waals surface area contributed by atoms with Crippen molar-refractivity contribution in [3.8, 4) is 22.3 Å². The molecule has 0 aliphatic carbocycles. The molecule has 1 aliphatic rings. The SMILES string of the molecule is Cc1nc(-c2ccco2)sc1CNC(=O)COc1cccc2c1OC(C)(C)C2. The highest BCUT2D eigenvalue weighted by atomic mass is 32.1. The number of hydrogen-bond donors (Lipinski definition) is 1. The highest BCUT2D eigenvalue weighted by Crippen LogP contribution is 2.41. The zero-order valence-electron chi connectivity index (χ0n) is 16.1. The fourth-order valence-corrected chi connectivity index (χ4v) is 4.14. The van der Waals surface area contributed by atoms with Gasteiger partial charge in [-0.1, -0.05) is 12.1 Å². The Morgan fingerprint density at radius 3 is 2.96 bits per heavy atom. The highest BCUT2D eigenvalue weighted by molar-refractivity contribution is 7.15. The summed E-state index contributed by atoms with van der Waals surface area (Å²) in [4.78, 5) is 17.7. The van der Waals surface area contributed by atoms with Crippen molar-refractivity contribution in [2.75, 3.05) is 6.61 Å². The molecule has 0 unspecified atom stereocenters. The van der Waals surface area contributed by atoms with Gasteiger partial charge in [0.15, 0.2) is 28.9 Å². The van der Waals surface area contributed by atoms with Gasteiger partial charge >= 0.3 is 0 Å². The summed E-state index contributed by atoms with van der Waals surface area (Å²) in [5.41, 5.74) is 1.74. The molecule has 0 saturated heterocycles.